The van der Waals surface area contributed by atoms with Crippen LogP contribution in [0.2, 0.25) is 0 Å². The first-order chi connectivity index (χ1) is 15.5. The fraction of sp³-hybridized carbons (Fsp3) is 0.370. The van der Waals surface area contributed by atoms with Crippen molar-refractivity contribution in [2.24, 2.45) is 35.5 Å². The van der Waals surface area contributed by atoms with Gasteiger partial charge in [0.15, 0.2) is 0 Å². The van der Waals surface area contributed by atoms with Gasteiger partial charge in [0.25, 0.3) is 0 Å². The minimum atomic E-state index is -0.862. The summed E-state index contributed by atoms with van der Waals surface area (Å²) < 4.78 is 0. The topological polar surface area (TPSA) is 66.5 Å². The molecule has 162 valence electrons. The molecule has 0 unspecified atom stereocenters. The van der Waals surface area contributed by atoms with E-state index >= 15 is 0 Å². The van der Waals surface area contributed by atoms with E-state index in [-0.39, 0.29) is 41.4 Å². The predicted octanol–water partition coefficient (Wildman–Crippen LogP) is 3.60. The van der Waals surface area contributed by atoms with Gasteiger partial charge >= 0.3 is 0 Å². The Bertz CT molecular complexity index is 1100. The zero-order chi connectivity index (χ0) is 22.0. The number of imide groups is 1. The minimum Gasteiger partial charge on any atom is -0.324 e. The fourth-order valence-electron chi connectivity index (χ4n) is 6.37. The highest BCUT2D eigenvalue weighted by Crippen LogP contribution is 2.65. The first-order valence-electron chi connectivity index (χ1n) is 11.5. The van der Waals surface area contributed by atoms with Crippen LogP contribution in [0.3, 0.4) is 0 Å². The van der Waals surface area contributed by atoms with Crippen LogP contribution in [-0.2, 0) is 20.8 Å². The molecular formula is C27H26N2O3. The van der Waals surface area contributed by atoms with E-state index in [1.165, 1.54) is 4.90 Å². The van der Waals surface area contributed by atoms with Crippen LogP contribution in [0.25, 0.3) is 0 Å². The highest BCUT2D eigenvalue weighted by atomic mass is 16.2. The Morgan fingerprint density at radius 1 is 0.969 bits per heavy atom. The summed E-state index contributed by atoms with van der Waals surface area (Å²) in [6, 6.07) is 16.3. The average Bonchev–Trinajstić information content (AvgIpc) is 3.57. The molecule has 5 aliphatic rings. The van der Waals surface area contributed by atoms with Gasteiger partial charge in [0.1, 0.15) is 6.04 Å². The summed E-state index contributed by atoms with van der Waals surface area (Å²) >= 11 is 0. The third kappa shape index (κ3) is 2.94. The second kappa shape index (κ2) is 7.16. The molecular weight excluding hydrogens is 400 g/mol. The van der Waals surface area contributed by atoms with E-state index in [0.29, 0.717) is 23.9 Å². The van der Waals surface area contributed by atoms with Gasteiger partial charge in [0, 0.05) is 12.1 Å². The minimum absolute atomic E-state index is 0.147. The molecule has 3 amide bonds. The SMILES string of the molecule is Cc1cccc(NC(=O)[C@H](Cc2ccccc2)N2C(=O)[C@@H]3[C@H]4C=C[C@@H]([C@@H]5C[C@H]45)[C@H]3C2=O)c1. The van der Waals surface area contributed by atoms with Gasteiger partial charge in [0.2, 0.25) is 17.7 Å². The van der Waals surface area contributed by atoms with Crippen molar-refractivity contribution in [1.82, 2.24) is 4.90 Å². The van der Waals surface area contributed by atoms with E-state index in [9.17, 15) is 14.4 Å². The molecule has 1 aliphatic heterocycles. The first-order valence-corrected chi connectivity index (χ1v) is 11.5. The summed E-state index contributed by atoms with van der Waals surface area (Å²) in [5.74, 6) is 0.133. The Balaban J connectivity index is 1.33. The van der Waals surface area contributed by atoms with Crippen LogP contribution in [0.5, 0.6) is 0 Å². The molecule has 0 spiro atoms. The summed E-state index contributed by atoms with van der Waals surface area (Å²) in [5.41, 5.74) is 2.63. The lowest BCUT2D eigenvalue weighted by molar-refractivity contribution is -0.146. The molecule has 1 N–H and O–H groups in total. The van der Waals surface area contributed by atoms with Gasteiger partial charge < -0.3 is 5.32 Å². The second-order valence-corrected chi connectivity index (χ2v) is 9.77. The molecule has 5 heteroatoms. The molecule has 2 saturated carbocycles. The molecule has 2 bridgehead atoms. The Kier molecular flexibility index (Phi) is 4.36. The van der Waals surface area contributed by atoms with Crippen LogP contribution in [0, 0.1) is 42.4 Å². The number of carbonyl (C=O) groups is 3. The normalized spacial score (nSPS) is 32.5. The van der Waals surface area contributed by atoms with E-state index in [0.717, 1.165) is 17.5 Å². The van der Waals surface area contributed by atoms with E-state index in [1.54, 1.807) is 0 Å². The van der Waals surface area contributed by atoms with Crippen molar-refractivity contribution in [2.45, 2.75) is 25.8 Å². The number of hydrogen-bond donors (Lipinski definition) is 1. The molecule has 1 heterocycles. The van der Waals surface area contributed by atoms with Gasteiger partial charge in [-0.2, -0.15) is 0 Å². The number of allylic oxidation sites excluding steroid dienone is 2. The largest absolute Gasteiger partial charge is 0.324 e. The summed E-state index contributed by atoms with van der Waals surface area (Å²) in [6.45, 7) is 1.96. The van der Waals surface area contributed by atoms with Crippen LogP contribution in [0.4, 0.5) is 5.69 Å². The number of nitrogens with one attached hydrogen (secondary N) is 1. The summed E-state index contributed by atoms with van der Waals surface area (Å²) in [6.07, 6.45) is 5.75. The highest BCUT2D eigenvalue weighted by molar-refractivity contribution is 6.10. The lowest BCUT2D eigenvalue weighted by Crippen LogP contribution is -2.49. The Morgan fingerprint density at radius 2 is 1.62 bits per heavy atom. The van der Waals surface area contributed by atoms with Crippen LogP contribution >= 0.6 is 0 Å². The molecule has 2 aromatic rings. The monoisotopic (exact) mass is 426 g/mol. The Hall–Kier alpha value is -3.21. The van der Waals surface area contributed by atoms with Crippen molar-refractivity contribution in [1.29, 1.82) is 0 Å². The van der Waals surface area contributed by atoms with E-state index < -0.39 is 6.04 Å². The van der Waals surface area contributed by atoms with Crippen molar-refractivity contribution in [3.63, 3.8) is 0 Å². The number of aryl methyl sites for hydroxylation is 1. The molecule has 2 aromatic carbocycles. The van der Waals surface area contributed by atoms with Crippen molar-refractivity contribution in [2.75, 3.05) is 5.32 Å². The molecule has 4 aliphatic carbocycles. The molecule has 1 saturated heterocycles. The number of anilines is 1. The van der Waals surface area contributed by atoms with Gasteiger partial charge in [-0.25, -0.2) is 0 Å². The summed E-state index contributed by atoms with van der Waals surface area (Å²) in [4.78, 5) is 42.1. The summed E-state index contributed by atoms with van der Waals surface area (Å²) in [5, 5.41) is 2.96. The van der Waals surface area contributed by atoms with Gasteiger partial charge in [-0.15, -0.1) is 0 Å². The van der Waals surface area contributed by atoms with Gasteiger partial charge in [-0.3, -0.25) is 19.3 Å². The van der Waals surface area contributed by atoms with Crippen molar-refractivity contribution < 1.29 is 14.4 Å². The molecule has 0 aromatic heterocycles. The summed E-state index contributed by atoms with van der Waals surface area (Å²) in [7, 11) is 0. The van der Waals surface area contributed by atoms with Gasteiger partial charge in [-0.05, 0) is 60.3 Å². The smallest absolute Gasteiger partial charge is 0.248 e. The Labute approximate surface area is 187 Å². The second-order valence-electron chi connectivity index (χ2n) is 9.77. The molecule has 7 atom stereocenters. The molecule has 5 nitrogen and oxygen atoms in total. The van der Waals surface area contributed by atoms with Gasteiger partial charge in [-0.1, -0.05) is 54.6 Å². The number of carbonyl (C=O) groups excluding carboxylic acids is 3. The standard InChI is InChI=1S/C27H26N2O3/c1-15-6-5-9-17(12-15)28-25(30)22(13-16-7-3-2-4-8-16)29-26(31)23-18-10-11-19(21-14-20(18)21)24(23)27(29)32/h2-12,18-24H,13-14H2,1H3,(H,28,30)/t18-,19-,20-,21+,22-,23+,24+/m0/s1. The van der Waals surface area contributed by atoms with E-state index in [4.69, 9.17) is 0 Å². The van der Waals surface area contributed by atoms with Crippen molar-refractivity contribution >= 4 is 23.4 Å². The van der Waals surface area contributed by atoms with E-state index in [2.05, 4.69) is 17.5 Å². The highest BCUT2D eigenvalue weighted by Gasteiger charge is 2.67. The van der Waals surface area contributed by atoms with Crippen LogP contribution < -0.4 is 5.32 Å². The quantitative estimate of drug-likeness (QED) is 0.587. The van der Waals surface area contributed by atoms with Gasteiger partial charge in [0.05, 0.1) is 11.8 Å². The number of hydrogen-bond acceptors (Lipinski definition) is 3. The number of rotatable bonds is 5. The number of likely N-dealkylation sites (tertiary alicyclic amines) is 1. The number of benzene rings is 2. The lowest BCUT2D eigenvalue weighted by Gasteiger charge is -2.37. The van der Waals surface area contributed by atoms with E-state index in [1.807, 2.05) is 61.5 Å². The van der Waals surface area contributed by atoms with Crippen LogP contribution in [0.1, 0.15) is 17.5 Å². The third-order valence-electron chi connectivity index (χ3n) is 7.87. The molecule has 3 fully saturated rings. The maximum atomic E-state index is 13.6. The number of amides is 3. The lowest BCUT2D eigenvalue weighted by atomic mass is 9.63. The average molecular weight is 427 g/mol. The van der Waals surface area contributed by atoms with Crippen molar-refractivity contribution in [3.05, 3.63) is 77.9 Å². The van der Waals surface area contributed by atoms with Crippen molar-refractivity contribution in [3.8, 4) is 0 Å². The zero-order valence-electron chi connectivity index (χ0n) is 18.0. The maximum Gasteiger partial charge on any atom is 0.248 e. The third-order valence-corrected chi connectivity index (χ3v) is 7.87. The molecule has 7 rings (SSSR count). The maximum absolute atomic E-state index is 13.6. The number of nitrogens with zero attached hydrogens (tertiary/aromatic N) is 1. The Morgan fingerprint density at radius 3 is 2.25 bits per heavy atom. The van der Waals surface area contributed by atoms with Crippen LogP contribution in [0.15, 0.2) is 66.7 Å². The fourth-order valence-corrected chi connectivity index (χ4v) is 6.37. The predicted molar refractivity (Wildman–Crippen MR) is 120 cm³/mol. The van der Waals surface area contributed by atoms with Crippen LogP contribution in [-0.4, -0.2) is 28.7 Å². The molecule has 0 radical (unpaired) electrons. The molecule has 32 heavy (non-hydrogen) atoms. The zero-order valence-corrected chi connectivity index (χ0v) is 18.0. The first kappa shape index (κ1) is 19.5.